The van der Waals surface area contributed by atoms with E-state index in [2.05, 4.69) is 0 Å². The molecule has 0 aliphatic heterocycles. The maximum absolute atomic E-state index is 12.4. The maximum atomic E-state index is 12.4. The molecule has 16 heavy (non-hydrogen) atoms. The molecule has 7 heteroatoms. The number of halogens is 4. The molecule has 0 aliphatic carbocycles. The van der Waals surface area contributed by atoms with Gasteiger partial charge in [-0.25, -0.2) is 0 Å². The summed E-state index contributed by atoms with van der Waals surface area (Å²) in [7, 11) is 1.24. The van der Waals surface area contributed by atoms with Gasteiger partial charge in [0.15, 0.2) is 0 Å². The van der Waals surface area contributed by atoms with E-state index < -0.39 is 39.5 Å². The first-order chi connectivity index (χ1) is 7.36. The van der Waals surface area contributed by atoms with Crippen LogP contribution < -0.4 is 21.6 Å². The fourth-order valence-corrected chi connectivity index (χ4v) is 1.96. The van der Waals surface area contributed by atoms with E-state index >= 15 is 0 Å². The summed E-state index contributed by atoms with van der Waals surface area (Å²) in [5.74, 6) is -0.680. The zero-order chi connectivity index (χ0) is 12.3. The van der Waals surface area contributed by atoms with Crippen LogP contribution in [0.15, 0.2) is 12.3 Å². The molecule has 0 bridgehead atoms. The van der Waals surface area contributed by atoms with Gasteiger partial charge >= 0.3 is 101 Å². The van der Waals surface area contributed by atoms with Crippen LogP contribution in [0.3, 0.4) is 0 Å². The van der Waals surface area contributed by atoms with Crippen molar-refractivity contribution in [3.63, 3.8) is 0 Å². The van der Waals surface area contributed by atoms with E-state index in [0.29, 0.717) is 0 Å². The minimum absolute atomic E-state index is 0.0528. The molecule has 0 fully saturated rings. The molecule has 0 saturated carbocycles. The number of aryl methyl sites for hydroxylation is 1. The van der Waals surface area contributed by atoms with Crippen LogP contribution in [0.4, 0.5) is 13.2 Å². The van der Waals surface area contributed by atoms with Crippen LogP contribution in [-0.4, -0.2) is 15.0 Å². The number of alkyl halides is 4. The molecule has 0 saturated heterocycles. The van der Waals surface area contributed by atoms with Crippen molar-refractivity contribution in [3.8, 4) is 0 Å². The summed E-state index contributed by atoms with van der Waals surface area (Å²) < 4.78 is 43.7. The Hall–Kier alpha value is -0.730. The van der Waals surface area contributed by atoms with Crippen LogP contribution in [0.5, 0.6) is 0 Å². The molecule has 3 nitrogen and oxygen atoms in total. The van der Waals surface area contributed by atoms with Crippen LogP contribution in [-0.2, 0) is 16.3 Å². The van der Waals surface area contributed by atoms with E-state index in [1.54, 1.807) is 0 Å². The zero-order valence-electron chi connectivity index (χ0n) is 8.64. The van der Waals surface area contributed by atoms with Crippen molar-refractivity contribution in [2.75, 3.05) is 4.43 Å². The van der Waals surface area contributed by atoms with E-state index in [-0.39, 0.29) is 5.56 Å². The first-order valence-corrected chi connectivity index (χ1v) is 6.81. The van der Waals surface area contributed by atoms with Crippen LogP contribution in [0.1, 0.15) is 23.0 Å². The number of aromatic nitrogens is 1. The summed E-state index contributed by atoms with van der Waals surface area (Å²) in [5.41, 5.74) is -0.905. The van der Waals surface area contributed by atoms with Gasteiger partial charge in [-0.3, -0.25) is 0 Å². The third kappa shape index (κ3) is 3.13. The van der Waals surface area contributed by atoms with E-state index in [1.807, 2.05) is 6.92 Å². The molecule has 1 aromatic heterocycles. The molecule has 0 amide bonds. The van der Waals surface area contributed by atoms with Gasteiger partial charge in [0, 0.05) is 0 Å². The molecule has 92 valence electrons. The van der Waals surface area contributed by atoms with Gasteiger partial charge in [-0.1, -0.05) is 0 Å². The minimum atomic E-state index is -4.45. The summed E-state index contributed by atoms with van der Waals surface area (Å²) in [6.07, 6.45) is -3.32. The topological polar surface area (TPSA) is 31.2 Å². The average Bonchev–Trinajstić information content (AvgIpc) is 2.56. The van der Waals surface area contributed by atoms with E-state index in [9.17, 15) is 18.0 Å². The summed E-state index contributed by atoms with van der Waals surface area (Å²) in [4.78, 5) is 11.3. The van der Waals surface area contributed by atoms with Crippen molar-refractivity contribution in [2.45, 2.75) is 13.1 Å². The fraction of sp³-hybridized carbons (Fsp3) is 0.444. The number of hydrogen-bond acceptors (Lipinski definition) is 2. The predicted molar refractivity (Wildman–Crippen MR) is 46.4 cm³/mol. The van der Waals surface area contributed by atoms with Gasteiger partial charge in [0.1, 0.15) is 0 Å². The monoisotopic (exact) mass is 348 g/mol. The second-order valence-electron chi connectivity index (χ2n) is 2.96. The van der Waals surface area contributed by atoms with E-state index in [1.165, 1.54) is 7.05 Å². The van der Waals surface area contributed by atoms with Crippen LogP contribution in [0, 0.1) is 0 Å². The average molecular weight is 348 g/mol. The Morgan fingerprint density at radius 1 is 1.56 bits per heavy atom. The van der Waals surface area contributed by atoms with Gasteiger partial charge in [0.2, 0.25) is 0 Å². The molecule has 0 radical (unpaired) electrons. The summed E-state index contributed by atoms with van der Waals surface area (Å²) in [6, 6.07) is 0.807. The molecule has 1 aromatic rings. The third-order valence-electron chi connectivity index (χ3n) is 1.76. The SMILES string of the molecule is CC[I-]OC(=O)c1cc(C(F)(F)F)n(C)c1. The number of carbonyl (C=O) groups excluding carboxylic acids is 1. The van der Waals surface area contributed by atoms with Crippen LogP contribution >= 0.6 is 0 Å². The molecule has 0 N–H and O–H groups in total. The summed E-state index contributed by atoms with van der Waals surface area (Å²) in [6.45, 7) is 1.85. The van der Waals surface area contributed by atoms with Gasteiger partial charge in [-0.15, -0.1) is 0 Å². The normalized spacial score (nSPS) is 11.8. The Morgan fingerprint density at radius 3 is 2.62 bits per heavy atom. The van der Waals surface area contributed by atoms with Gasteiger partial charge in [-0.05, 0) is 0 Å². The third-order valence-corrected chi connectivity index (χ3v) is 3.10. The Morgan fingerprint density at radius 2 is 2.19 bits per heavy atom. The molecule has 0 atom stereocenters. The molecule has 1 rings (SSSR count). The number of nitrogens with zero attached hydrogens (tertiary/aromatic N) is 1. The van der Waals surface area contributed by atoms with E-state index in [0.717, 1.165) is 21.3 Å². The first kappa shape index (κ1) is 13.3. The van der Waals surface area contributed by atoms with Crippen molar-refractivity contribution in [2.24, 2.45) is 7.05 Å². The molecule has 0 unspecified atom stereocenters. The van der Waals surface area contributed by atoms with Crippen molar-refractivity contribution in [1.82, 2.24) is 4.57 Å². The second-order valence-corrected chi connectivity index (χ2v) is 5.55. The standard InChI is InChI=1S/C9H10F3INO2/c1-3-13-16-8(15)6-4-7(9(10,11)12)14(2)5-6/h4-5H,3H2,1-2H3/q-1. The summed E-state index contributed by atoms with van der Waals surface area (Å²) >= 11 is -0.708. The first-order valence-electron chi connectivity index (χ1n) is 4.40. The van der Waals surface area contributed by atoms with Gasteiger partial charge in [0.05, 0.1) is 0 Å². The van der Waals surface area contributed by atoms with Gasteiger partial charge in [-0.2, -0.15) is 0 Å². The molecule has 0 aromatic carbocycles. The van der Waals surface area contributed by atoms with Crippen LogP contribution in [0.25, 0.3) is 0 Å². The number of hydrogen-bond donors (Lipinski definition) is 0. The van der Waals surface area contributed by atoms with Crippen molar-refractivity contribution in [1.29, 1.82) is 0 Å². The Labute approximate surface area is 101 Å². The quantitative estimate of drug-likeness (QED) is 0.531. The molecular formula is C9H10F3INO2-. The molecule has 1 heterocycles. The summed E-state index contributed by atoms with van der Waals surface area (Å²) in [5, 5.41) is 0. The van der Waals surface area contributed by atoms with Crippen molar-refractivity contribution in [3.05, 3.63) is 23.5 Å². The van der Waals surface area contributed by atoms with Crippen molar-refractivity contribution < 1.29 is 42.7 Å². The fourth-order valence-electron chi connectivity index (χ4n) is 1.11. The van der Waals surface area contributed by atoms with Gasteiger partial charge < -0.3 is 0 Å². The Kier molecular flexibility index (Phi) is 4.22. The predicted octanol–water partition coefficient (Wildman–Crippen LogP) is -0.775. The Balaban J connectivity index is 2.89. The van der Waals surface area contributed by atoms with E-state index in [4.69, 9.17) is 3.07 Å². The molecule has 0 spiro atoms. The van der Waals surface area contributed by atoms with Gasteiger partial charge in [0.25, 0.3) is 0 Å². The van der Waals surface area contributed by atoms with Crippen LogP contribution in [0.2, 0.25) is 0 Å². The Bertz CT molecular complexity index is 387. The number of carbonyl (C=O) groups is 1. The molecular weight excluding hydrogens is 338 g/mol. The van der Waals surface area contributed by atoms with Crippen molar-refractivity contribution >= 4 is 5.97 Å². The second kappa shape index (κ2) is 5.07. The number of rotatable bonds is 3. The molecule has 0 aliphatic rings. The zero-order valence-corrected chi connectivity index (χ0v) is 10.8.